The van der Waals surface area contributed by atoms with Crippen LogP contribution in [0.5, 0.6) is 5.75 Å². The maximum Gasteiger partial charge on any atom is 0.227 e. The largest absolute Gasteiger partial charge is 0.508 e. The van der Waals surface area contributed by atoms with Crippen molar-refractivity contribution in [2.24, 2.45) is 0 Å². The molecule has 0 unspecified atom stereocenters. The minimum Gasteiger partial charge on any atom is -0.508 e. The van der Waals surface area contributed by atoms with E-state index in [4.69, 9.17) is 0 Å². The highest BCUT2D eigenvalue weighted by Gasteiger charge is 2.18. The van der Waals surface area contributed by atoms with Gasteiger partial charge >= 0.3 is 0 Å². The molecular formula is C13H16N2O3. The molecule has 0 atom stereocenters. The number of hydrogen-bond donors (Lipinski definition) is 2. The molecule has 0 bridgehead atoms. The van der Waals surface area contributed by atoms with Gasteiger partial charge < -0.3 is 15.3 Å². The Morgan fingerprint density at radius 1 is 1.39 bits per heavy atom. The lowest BCUT2D eigenvalue weighted by atomic mass is 10.1. The lowest BCUT2D eigenvalue weighted by Crippen LogP contribution is -2.35. The second kappa shape index (κ2) is 5.53. The van der Waals surface area contributed by atoms with Crippen LogP contribution >= 0.6 is 0 Å². The van der Waals surface area contributed by atoms with Gasteiger partial charge in [-0.2, -0.15) is 0 Å². The summed E-state index contributed by atoms with van der Waals surface area (Å²) in [6.07, 6.45) is 0.606. The first-order valence-corrected chi connectivity index (χ1v) is 5.97. The molecule has 0 radical (unpaired) electrons. The summed E-state index contributed by atoms with van der Waals surface area (Å²) >= 11 is 0. The van der Waals surface area contributed by atoms with E-state index in [0.29, 0.717) is 26.1 Å². The minimum absolute atomic E-state index is 0.0114. The zero-order valence-electron chi connectivity index (χ0n) is 10.1. The van der Waals surface area contributed by atoms with Gasteiger partial charge in [0.1, 0.15) is 5.75 Å². The number of nitrogens with zero attached hydrogens (tertiary/aromatic N) is 1. The summed E-state index contributed by atoms with van der Waals surface area (Å²) in [4.78, 5) is 24.9. The van der Waals surface area contributed by atoms with E-state index in [-0.39, 0.29) is 24.0 Å². The monoisotopic (exact) mass is 248 g/mol. The fourth-order valence-electron chi connectivity index (χ4n) is 1.97. The van der Waals surface area contributed by atoms with Crippen LogP contribution in [-0.4, -0.2) is 41.5 Å². The smallest absolute Gasteiger partial charge is 0.227 e. The van der Waals surface area contributed by atoms with Gasteiger partial charge in [-0.15, -0.1) is 0 Å². The van der Waals surface area contributed by atoms with Gasteiger partial charge in [0, 0.05) is 26.1 Å². The molecule has 18 heavy (non-hydrogen) atoms. The van der Waals surface area contributed by atoms with Crippen molar-refractivity contribution in [1.82, 2.24) is 10.2 Å². The molecule has 0 saturated carbocycles. The van der Waals surface area contributed by atoms with E-state index in [2.05, 4.69) is 5.32 Å². The minimum atomic E-state index is -0.0166. The lowest BCUT2D eigenvalue weighted by molar-refractivity contribution is -0.130. The molecule has 0 spiro atoms. The van der Waals surface area contributed by atoms with Gasteiger partial charge in [0.05, 0.1) is 6.42 Å². The highest BCUT2D eigenvalue weighted by molar-refractivity contribution is 5.81. The summed E-state index contributed by atoms with van der Waals surface area (Å²) in [5, 5.41) is 12.1. The number of hydrogen-bond acceptors (Lipinski definition) is 3. The fraction of sp³-hybridized carbons (Fsp3) is 0.385. The summed E-state index contributed by atoms with van der Waals surface area (Å²) in [6, 6.07) is 6.67. The molecule has 2 N–H and O–H groups in total. The second-order valence-electron chi connectivity index (χ2n) is 4.33. The lowest BCUT2D eigenvalue weighted by Gasteiger charge is -2.19. The van der Waals surface area contributed by atoms with Gasteiger partial charge in [0.25, 0.3) is 0 Å². The van der Waals surface area contributed by atoms with Crippen molar-refractivity contribution in [3.8, 4) is 5.75 Å². The molecule has 1 aliphatic heterocycles. The Morgan fingerprint density at radius 3 is 3.00 bits per heavy atom. The molecule has 5 nitrogen and oxygen atoms in total. The Kier molecular flexibility index (Phi) is 3.82. The van der Waals surface area contributed by atoms with E-state index in [0.717, 1.165) is 5.56 Å². The average Bonchev–Trinajstić information content (AvgIpc) is 2.54. The topological polar surface area (TPSA) is 69.6 Å². The Hall–Kier alpha value is -2.04. The molecule has 1 saturated heterocycles. The Balaban J connectivity index is 1.97. The van der Waals surface area contributed by atoms with E-state index < -0.39 is 0 Å². The first-order chi connectivity index (χ1) is 8.65. The number of carbonyl (C=O) groups excluding carboxylic acids is 2. The van der Waals surface area contributed by atoms with Crippen LogP contribution in [0.15, 0.2) is 24.3 Å². The molecular weight excluding hydrogens is 232 g/mol. The number of carbonyl (C=O) groups is 2. The third-order valence-corrected chi connectivity index (χ3v) is 2.93. The van der Waals surface area contributed by atoms with Crippen molar-refractivity contribution in [2.75, 3.05) is 19.6 Å². The molecule has 1 aromatic rings. The Morgan fingerprint density at radius 2 is 2.22 bits per heavy atom. The van der Waals surface area contributed by atoms with Crippen molar-refractivity contribution in [1.29, 1.82) is 0 Å². The van der Waals surface area contributed by atoms with Crippen molar-refractivity contribution in [3.05, 3.63) is 29.8 Å². The molecule has 2 rings (SSSR count). The summed E-state index contributed by atoms with van der Waals surface area (Å²) in [7, 11) is 0. The summed E-state index contributed by atoms with van der Waals surface area (Å²) in [6.45, 7) is 1.51. The van der Waals surface area contributed by atoms with Crippen LogP contribution in [0.2, 0.25) is 0 Å². The Labute approximate surface area is 105 Å². The van der Waals surface area contributed by atoms with Gasteiger partial charge in [-0.1, -0.05) is 12.1 Å². The van der Waals surface area contributed by atoms with Crippen LogP contribution in [0.25, 0.3) is 0 Å². The number of phenols is 1. The van der Waals surface area contributed by atoms with E-state index in [1.807, 2.05) is 0 Å². The summed E-state index contributed by atoms with van der Waals surface area (Å²) < 4.78 is 0. The third kappa shape index (κ3) is 3.23. The van der Waals surface area contributed by atoms with Gasteiger partial charge in [-0.05, 0) is 17.7 Å². The third-order valence-electron chi connectivity index (χ3n) is 2.93. The quantitative estimate of drug-likeness (QED) is 0.790. The normalized spacial score (nSPS) is 16.0. The van der Waals surface area contributed by atoms with Gasteiger partial charge in [0.2, 0.25) is 11.8 Å². The SMILES string of the molecule is O=C1CCN(C(=O)Cc2cccc(O)c2)CCN1. The zero-order chi connectivity index (χ0) is 13.0. The van der Waals surface area contributed by atoms with E-state index in [9.17, 15) is 14.7 Å². The van der Waals surface area contributed by atoms with E-state index in [1.54, 1.807) is 29.2 Å². The van der Waals surface area contributed by atoms with Crippen LogP contribution in [0.4, 0.5) is 0 Å². The van der Waals surface area contributed by atoms with Crippen LogP contribution < -0.4 is 5.32 Å². The summed E-state index contributed by atoms with van der Waals surface area (Å²) in [5.74, 6) is 0.132. The second-order valence-corrected chi connectivity index (χ2v) is 4.33. The maximum atomic E-state index is 12.0. The molecule has 96 valence electrons. The molecule has 0 aliphatic carbocycles. The predicted molar refractivity (Wildman–Crippen MR) is 66.0 cm³/mol. The van der Waals surface area contributed by atoms with E-state index >= 15 is 0 Å². The first-order valence-electron chi connectivity index (χ1n) is 5.97. The fourth-order valence-corrected chi connectivity index (χ4v) is 1.97. The van der Waals surface area contributed by atoms with Crippen molar-refractivity contribution in [2.45, 2.75) is 12.8 Å². The number of rotatable bonds is 2. The molecule has 1 heterocycles. The number of aromatic hydroxyl groups is 1. The highest BCUT2D eigenvalue weighted by Crippen LogP contribution is 2.12. The van der Waals surface area contributed by atoms with Crippen LogP contribution in [-0.2, 0) is 16.0 Å². The van der Waals surface area contributed by atoms with Gasteiger partial charge in [-0.25, -0.2) is 0 Å². The van der Waals surface area contributed by atoms with Crippen molar-refractivity contribution >= 4 is 11.8 Å². The Bertz CT molecular complexity index is 459. The number of benzene rings is 1. The van der Waals surface area contributed by atoms with Crippen molar-refractivity contribution in [3.63, 3.8) is 0 Å². The molecule has 5 heteroatoms. The standard InChI is InChI=1S/C13H16N2O3/c16-11-3-1-2-10(8-11)9-13(18)15-6-4-12(17)14-5-7-15/h1-3,8,16H,4-7,9H2,(H,14,17). The number of phenolic OH excluding ortho intramolecular Hbond substituents is 1. The zero-order valence-corrected chi connectivity index (χ0v) is 10.1. The van der Waals surface area contributed by atoms with Crippen molar-refractivity contribution < 1.29 is 14.7 Å². The number of amides is 2. The van der Waals surface area contributed by atoms with Gasteiger partial charge in [0.15, 0.2) is 0 Å². The molecule has 1 fully saturated rings. The molecule has 1 aromatic carbocycles. The number of nitrogens with one attached hydrogen (secondary N) is 1. The first kappa shape index (κ1) is 12.4. The van der Waals surface area contributed by atoms with E-state index in [1.165, 1.54) is 0 Å². The van der Waals surface area contributed by atoms with Crippen LogP contribution in [0.1, 0.15) is 12.0 Å². The van der Waals surface area contributed by atoms with Gasteiger partial charge in [-0.3, -0.25) is 9.59 Å². The molecule has 2 amide bonds. The molecule has 1 aliphatic rings. The van der Waals surface area contributed by atoms with Crippen LogP contribution in [0, 0.1) is 0 Å². The maximum absolute atomic E-state index is 12.0. The highest BCUT2D eigenvalue weighted by atomic mass is 16.3. The molecule has 0 aromatic heterocycles. The predicted octanol–water partition coefficient (Wildman–Crippen LogP) is 0.283. The summed E-state index contributed by atoms with van der Waals surface area (Å²) in [5.41, 5.74) is 0.781. The van der Waals surface area contributed by atoms with Crippen LogP contribution in [0.3, 0.4) is 0 Å². The average molecular weight is 248 g/mol.